The van der Waals surface area contributed by atoms with Gasteiger partial charge in [-0.15, -0.1) is 0 Å². The van der Waals surface area contributed by atoms with Crippen LogP contribution in [-0.2, 0) is 20.9 Å². The number of ether oxygens (including phenoxy) is 1. The third-order valence-electron chi connectivity index (χ3n) is 6.92. The molecule has 4 heterocycles. The molecule has 3 fully saturated rings. The number of aryl methyl sites for hydroxylation is 2. The molecule has 1 spiro atoms. The van der Waals surface area contributed by atoms with Gasteiger partial charge in [0.15, 0.2) is 0 Å². The van der Waals surface area contributed by atoms with Crippen LogP contribution in [-0.4, -0.2) is 95.3 Å². The molecule has 1 atom stereocenters. The highest BCUT2D eigenvalue weighted by atomic mass is 16.5. The van der Waals surface area contributed by atoms with Gasteiger partial charge in [-0.05, 0) is 51.6 Å². The van der Waals surface area contributed by atoms with Gasteiger partial charge in [0, 0.05) is 38.4 Å². The lowest BCUT2D eigenvalue weighted by atomic mass is 9.76. The first-order chi connectivity index (χ1) is 13.9. The first-order valence-corrected chi connectivity index (χ1v) is 10.7. The van der Waals surface area contributed by atoms with Gasteiger partial charge in [0.1, 0.15) is 6.54 Å². The zero-order valence-electron chi connectivity index (χ0n) is 17.9. The van der Waals surface area contributed by atoms with E-state index in [0.717, 1.165) is 50.3 Å². The van der Waals surface area contributed by atoms with E-state index in [0.29, 0.717) is 32.8 Å². The van der Waals surface area contributed by atoms with Gasteiger partial charge in [-0.3, -0.25) is 19.2 Å². The molecule has 8 nitrogen and oxygen atoms in total. The molecular weight excluding hydrogens is 370 g/mol. The third kappa shape index (κ3) is 4.19. The van der Waals surface area contributed by atoms with Crippen LogP contribution in [0.4, 0.5) is 0 Å². The van der Waals surface area contributed by atoms with Crippen molar-refractivity contribution < 1.29 is 14.3 Å². The number of carbonyl (C=O) groups is 2. The smallest absolute Gasteiger partial charge is 0.244 e. The van der Waals surface area contributed by atoms with Gasteiger partial charge >= 0.3 is 0 Å². The molecule has 8 heteroatoms. The highest BCUT2D eigenvalue weighted by molar-refractivity contribution is 5.82. The van der Waals surface area contributed by atoms with Crippen LogP contribution < -0.4 is 0 Å². The van der Waals surface area contributed by atoms with Crippen LogP contribution in [0.2, 0.25) is 0 Å². The summed E-state index contributed by atoms with van der Waals surface area (Å²) in [7, 11) is 2.07. The number of likely N-dealkylation sites (tertiary alicyclic amines) is 2. The quantitative estimate of drug-likeness (QED) is 0.742. The molecule has 160 valence electrons. The minimum Gasteiger partial charge on any atom is -0.378 e. The zero-order chi connectivity index (χ0) is 20.6. The van der Waals surface area contributed by atoms with Gasteiger partial charge in [0.05, 0.1) is 24.9 Å². The Kier molecular flexibility index (Phi) is 5.66. The first kappa shape index (κ1) is 20.3. The number of amides is 2. The molecule has 2 amide bonds. The van der Waals surface area contributed by atoms with Crippen LogP contribution in [0.5, 0.6) is 0 Å². The Labute approximate surface area is 172 Å². The predicted molar refractivity (Wildman–Crippen MR) is 108 cm³/mol. The van der Waals surface area contributed by atoms with Crippen LogP contribution in [0.25, 0.3) is 0 Å². The normalized spacial score (nSPS) is 25.0. The van der Waals surface area contributed by atoms with Gasteiger partial charge in [0.2, 0.25) is 11.8 Å². The van der Waals surface area contributed by atoms with Gasteiger partial charge in [-0.2, -0.15) is 5.10 Å². The molecule has 0 bridgehead atoms. The molecule has 0 radical (unpaired) electrons. The SMILES string of the molecule is Cc1cc(C)n(CC(=O)N2CCC3(CC2)CC(C(=O)N2CCOCC2)N(C)C3)n1. The average molecular weight is 404 g/mol. The highest BCUT2D eigenvalue weighted by Gasteiger charge is 2.48. The Bertz CT molecular complexity index is 762. The maximum Gasteiger partial charge on any atom is 0.244 e. The van der Waals surface area contributed by atoms with Gasteiger partial charge in [0.25, 0.3) is 0 Å². The molecular formula is C21H33N5O3. The molecule has 1 aromatic rings. The second-order valence-electron chi connectivity index (χ2n) is 9.04. The van der Waals surface area contributed by atoms with Crippen LogP contribution in [0.3, 0.4) is 0 Å². The number of aromatic nitrogens is 2. The Hall–Kier alpha value is -1.93. The average Bonchev–Trinajstić information content (AvgIpc) is 3.20. The summed E-state index contributed by atoms with van der Waals surface area (Å²) in [5.74, 6) is 0.383. The number of morpholine rings is 1. The fraction of sp³-hybridized carbons (Fsp3) is 0.762. The lowest BCUT2D eigenvalue weighted by Crippen LogP contribution is -2.48. The van der Waals surface area contributed by atoms with Crippen LogP contribution in [0, 0.1) is 19.3 Å². The topological polar surface area (TPSA) is 70.9 Å². The second kappa shape index (κ2) is 8.07. The third-order valence-corrected chi connectivity index (χ3v) is 6.92. The number of piperidine rings is 1. The maximum atomic E-state index is 13.0. The molecule has 0 saturated carbocycles. The first-order valence-electron chi connectivity index (χ1n) is 10.7. The van der Waals surface area contributed by atoms with Gasteiger partial charge in [-0.25, -0.2) is 0 Å². The van der Waals surface area contributed by atoms with Crippen LogP contribution in [0.15, 0.2) is 6.07 Å². The number of hydrogen-bond acceptors (Lipinski definition) is 5. The van der Waals surface area contributed by atoms with E-state index in [4.69, 9.17) is 4.74 Å². The summed E-state index contributed by atoms with van der Waals surface area (Å²) in [4.78, 5) is 31.9. The minimum absolute atomic E-state index is 0.0370. The summed E-state index contributed by atoms with van der Waals surface area (Å²) in [5.41, 5.74) is 2.11. The summed E-state index contributed by atoms with van der Waals surface area (Å²) in [6.45, 7) is 9.39. The molecule has 0 aromatic carbocycles. The van der Waals surface area contributed by atoms with E-state index < -0.39 is 0 Å². The van der Waals surface area contributed by atoms with Crippen molar-refractivity contribution in [1.29, 1.82) is 0 Å². The lowest BCUT2D eigenvalue weighted by molar-refractivity contribution is -0.140. The van der Waals surface area contributed by atoms with Gasteiger partial charge < -0.3 is 14.5 Å². The number of likely N-dealkylation sites (N-methyl/N-ethyl adjacent to an activating group) is 1. The molecule has 0 aliphatic carbocycles. The van der Waals surface area contributed by atoms with E-state index in [9.17, 15) is 9.59 Å². The summed E-state index contributed by atoms with van der Waals surface area (Å²) in [6.07, 6.45) is 2.83. The molecule has 1 unspecified atom stereocenters. The van der Waals surface area contributed by atoms with Crippen molar-refractivity contribution in [3.63, 3.8) is 0 Å². The maximum absolute atomic E-state index is 13.0. The molecule has 4 rings (SSSR count). The van der Waals surface area contributed by atoms with E-state index in [2.05, 4.69) is 17.0 Å². The largest absolute Gasteiger partial charge is 0.378 e. The Balaban J connectivity index is 1.33. The monoisotopic (exact) mass is 403 g/mol. The molecule has 3 aliphatic rings. The van der Waals surface area contributed by atoms with Gasteiger partial charge in [-0.1, -0.05) is 0 Å². The van der Waals surface area contributed by atoms with Crippen molar-refractivity contribution in [2.45, 2.75) is 45.7 Å². The second-order valence-corrected chi connectivity index (χ2v) is 9.04. The number of carbonyl (C=O) groups excluding carboxylic acids is 2. The Morgan fingerprint density at radius 2 is 1.83 bits per heavy atom. The van der Waals surface area contributed by atoms with Crippen molar-refractivity contribution in [3.05, 3.63) is 17.5 Å². The van der Waals surface area contributed by atoms with Crippen LogP contribution >= 0.6 is 0 Å². The molecule has 3 aliphatic heterocycles. The highest BCUT2D eigenvalue weighted by Crippen LogP contribution is 2.43. The number of nitrogens with zero attached hydrogens (tertiary/aromatic N) is 5. The number of rotatable bonds is 3. The summed E-state index contributed by atoms with van der Waals surface area (Å²) in [5, 5.41) is 4.41. The molecule has 29 heavy (non-hydrogen) atoms. The lowest BCUT2D eigenvalue weighted by Gasteiger charge is -2.39. The Morgan fingerprint density at radius 3 is 2.45 bits per heavy atom. The minimum atomic E-state index is -0.0370. The molecule has 0 N–H and O–H groups in total. The van der Waals surface area contributed by atoms with E-state index in [1.807, 2.05) is 29.7 Å². The molecule has 3 saturated heterocycles. The van der Waals surface area contributed by atoms with Crippen molar-refractivity contribution >= 4 is 11.8 Å². The standard InChI is InChI=1S/C21H33N5O3/c1-16-12-17(2)26(22-16)14-19(27)24-6-4-21(5-7-24)13-18(23(3)15-21)20(28)25-8-10-29-11-9-25/h12,18H,4-11,13-15H2,1-3H3. The number of hydrogen-bond donors (Lipinski definition) is 0. The van der Waals surface area contributed by atoms with Crippen molar-refractivity contribution in [2.75, 3.05) is 53.0 Å². The fourth-order valence-corrected chi connectivity index (χ4v) is 5.20. The van der Waals surface area contributed by atoms with E-state index >= 15 is 0 Å². The molecule has 1 aromatic heterocycles. The van der Waals surface area contributed by atoms with Crippen LogP contribution in [0.1, 0.15) is 30.7 Å². The van der Waals surface area contributed by atoms with Crippen molar-refractivity contribution in [2.24, 2.45) is 5.41 Å². The summed E-state index contributed by atoms with van der Waals surface area (Å²) in [6, 6.07) is 1.96. The Morgan fingerprint density at radius 1 is 1.14 bits per heavy atom. The fourth-order valence-electron chi connectivity index (χ4n) is 5.20. The van der Waals surface area contributed by atoms with Crippen molar-refractivity contribution in [1.82, 2.24) is 24.5 Å². The predicted octanol–water partition coefficient (Wildman–Crippen LogP) is 0.672. The van der Waals surface area contributed by atoms with Crippen molar-refractivity contribution in [3.8, 4) is 0 Å². The van der Waals surface area contributed by atoms with E-state index in [-0.39, 0.29) is 23.3 Å². The van der Waals surface area contributed by atoms with E-state index in [1.54, 1.807) is 4.68 Å². The zero-order valence-corrected chi connectivity index (χ0v) is 17.9. The van der Waals surface area contributed by atoms with E-state index in [1.165, 1.54) is 0 Å². The summed E-state index contributed by atoms with van der Waals surface area (Å²) >= 11 is 0. The summed E-state index contributed by atoms with van der Waals surface area (Å²) < 4.78 is 7.18.